The summed E-state index contributed by atoms with van der Waals surface area (Å²) >= 11 is 11.9. The van der Waals surface area contributed by atoms with Crippen LogP contribution >= 0.6 is 23.2 Å². The van der Waals surface area contributed by atoms with Crippen molar-refractivity contribution in [1.29, 1.82) is 0 Å². The summed E-state index contributed by atoms with van der Waals surface area (Å²) in [6, 6.07) is 5.35. The van der Waals surface area contributed by atoms with Crippen molar-refractivity contribution in [3.8, 4) is 0 Å². The lowest BCUT2D eigenvalue weighted by molar-refractivity contribution is -0.899. The highest BCUT2D eigenvalue weighted by Crippen LogP contribution is 2.23. The maximum absolute atomic E-state index is 12.4. The van der Waals surface area contributed by atoms with Gasteiger partial charge in [-0.1, -0.05) is 29.3 Å². The lowest BCUT2D eigenvalue weighted by Gasteiger charge is -2.29. The van der Waals surface area contributed by atoms with Crippen molar-refractivity contribution in [1.82, 2.24) is 4.90 Å². The Labute approximate surface area is 146 Å². The summed E-state index contributed by atoms with van der Waals surface area (Å²) in [4.78, 5) is 26.5. The third-order valence-electron chi connectivity index (χ3n) is 4.25. The number of piperidine rings is 1. The van der Waals surface area contributed by atoms with Crippen molar-refractivity contribution in [3.63, 3.8) is 0 Å². The summed E-state index contributed by atoms with van der Waals surface area (Å²) in [5, 5.41) is 0.982. The van der Waals surface area contributed by atoms with Crippen LogP contribution in [0.2, 0.25) is 10.0 Å². The van der Waals surface area contributed by atoms with Crippen LogP contribution < -0.4 is 10.6 Å². The molecule has 7 heteroatoms. The maximum atomic E-state index is 12.4. The van der Waals surface area contributed by atoms with E-state index in [4.69, 9.17) is 28.9 Å². The first-order chi connectivity index (χ1) is 10.9. The number of carbonyl (C=O) groups is 2. The first-order valence-corrected chi connectivity index (χ1v) is 8.43. The number of likely N-dealkylation sites (N-methyl/N-ethyl adjacent to an activating group) is 1. The topological polar surface area (TPSA) is 67.8 Å². The monoisotopic (exact) mass is 358 g/mol. The molecule has 0 spiro atoms. The fourth-order valence-corrected chi connectivity index (χ4v) is 3.22. The second-order valence-electron chi connectivity index (χ2n) is 6.12. The molecule has 0 aliphatic carbocycles. The molecule has 1 unspecified atom stereocenters. The molecule has 1 fully saturated rings. The zero-order valence-electron chi connectivity index (χ0n) is 13.1. The van der Waals surface area contributed by atoms with E-state index in [1.54, 1.807) is 24.1 Å². The molecule has 0 bridgehead atoms. The number of hydrogen-bond acceptors (Lipinski definition) is 2. The van der Waals surface area contributed by atoms with E-state index in [0.717, 1.165) is 29.8 Å². The molecule has 1 aromatic carbocycles. The van der Waals surface area contributed by atoms with Crippen LogP contribution in [0.4, 0.5) is 0 Å². The molecule has 2 amide bonds. The third kappa shape index (κ3) is 5.09. The van der Waals surface area contributed by atoms with Crippen molar-refractivity contribution in [2.45, 2.75) is 19.4 Å². The summed E-state index contributed by atoms with van der Waals surface area (Å²) in [5.74, 6) is -0.345. The number of hydrogen-bond donors (Lipinski definition) is 2. The van der Waals surface area contributed by atoms with Gasteiger partial charge in [-0.3, -0.25) is 9.59 Å². The highest BCUT2D eigenvalue weighted by atomic mass is 35.5. The third-order valence-corrected chi connectivity index (χ3v) is 4.99. The van der Waals surface area contributed by atoms with E-state index in [-0.39, 0.29) is 17.7 Å². The van der Waals surface area contributed by atoms with E-state index in [1.807, 2.05) is 6.07 Å². The molecule has 5 nitrogen and oxygen atoms in total. The maximum Gasteiger partial charge on any atom is 0.277 e. The molecule has 3 N–H and O–H groups in total. The van der Waals surface area contributed by atoms with Crippen LogP contribution in [0.1, 0.15) is 18.4 Å². The second kappa shape index (κ2) is 7.99. The van der Waals surface area contributed by atoms with E-state index < -0.39 is 0 Å². The minimum atomic E-state index is -0.265. The Morgan fingerprint density at radius 3 is 2.74 bits per heavy atom. The molecule has 1 aliphatic heterocycles. The standard InChI is InChI=1S/C16H21Cl2N3O2/c1-20(8-11-4-5-13(17)14(18)7-11)15(22)10-21-6-2-3-12(9-21)16(19)23/h4-5,7,12H,2-3,6,8-10H2,1H3,(H2,19,23)/p+1/t12-/m1/s1. The van der Waals surface area contributed by atoms with Crippen LogP contribution in [0.25, 0.3) is 0 Å². The molecule has 0 aromatic heterocycles. The highest BCUT2D eigenvalue weighted by Gasteiger charge is 2.29. The fraction of sp³-hybridized carbons (Fsp3) is 0.500. The average molecular weight is 359 g/mol. The van der Waals surface area contributed by atoms with Gasteiger partial charge in [0.25, 0.3) is 5.91 Å². The summed E-state index contributed by atoms with van der Waals surface area (Å²) < 4.78 is 0. The Hall–Kier alpha value is -1.30. The van der Waals surface area contributed by atoms with E-state index in [1.165, 1.54) is 0 Å². The van der Waals surface area contributed by atoms with Crippen molar-refractivity contribution in [2.75, 3.05) is 26.7 Å². The van der Waals surface area contributed by atoms with Crippen LogP contribution in [0.5, 0.6) is 0 Å². The number of quaternary nitrogens is 1. The number of nitrogens with one attached hydrogen (secondary N) is 1. The first-order valence-electron chi connectivity index (χ1n) is 7.67. The minimum absolute atomic E-state index is 0.0381. The van der Waals surface area contributed by atoms with Crippen LogP contribution in [-0.2, 0) is 16.1 Å². The van der Waals surface area contributed by atoms with Crippen molar-refractivity contribution in [3.05, 3.63) is 33.8 Å². The molecule has 23 heavy (non-hydrogen) atoms. The highest BCUT2D eigenvalue weighted by molar-refractivity contribution is 6.42. The zero-order chi connectivity index (χ0) is 17.0. The Morgan fingerprint density at radius 1 is 1.35 bits per heavy atom. The van der Waals surface area contributed by atoms with Gasteiger partial charge >= 0.3 is 0 Å². The van der Waals surface area contributed by atoms with Gasteiger partial charge in [0, 0.05) is 13.6 Å². The molecule has 1 aromatic rings. The van der Waals surface area contributed by atoms with Gasteiger partial charge in [0.15, 0.2) is 6.54 Å². The summed E-state index contributed by atoms with van der Waals surface area (Å²) in [7, 11) is 1.76. The number of amides is 2. The molecule has 0 radical (unpaired) electrons. The lowest BCUT2D eigenvalue weighted by Crippen LogP contribution is -3.14. The van der Waals surface area contributed by atoms with E-state index in [0.29, 0.717) is 29.7 Å². The number of likely N-dealkylation sites (tertiary alicyclic amines) is 1. The van der Waals surface area contributed by atoms with Crippen molar-refractivity contribution < 1.29 is 14.5 Å². The van der Waals surface area contributed by atoms with Gasteiger partial charge < -0.3 is 15.5 Å². The quantitative estimate of drug-likeness (QED) is 0.814. The molecule has 1 aliphatic rings. The normalized spacial score (nSPS) is 21.0. The van der Waals surface area contributed by atoms with Gasteiger partial charge in [-0.2, -0.15) is 0 Å². The summed E-state index contributed by atoms with van der Waals surface area (Å²) in [5.41, 5.74) is 6.31. The van der Waals surface area contributed by atoms with E-state index >= 15 is 0 Å². The molecule has 1 saturated heterocycles. The molecule has 126 valence electrons. The molecular weight excluding hydrogens is 337 g/mol. The molecule has 2 rings (SSSR count). The van der Waals surface area contributed by atoms with Gasteiger partial charge in [0.1, 0.15) is 0 Å². The summed E-state index contributed by atoms with van der Waals surface area (Å²) in [6.07, 6.45) is 1.75. The van der Waals surface area contributed by atoms with Crippen LogP contribution in [0.15, 0.2) is 18.2 Å². The van der Waals surface area contributed by atoms with E-state index in [2.05, 4.69) is 0 Å². The molecular formula is C16H22Cl2N3O2+. The second-order valence-corrected chi connectivity index (χ2v) is 6.94. The Balaban J connectivity index is 1.89. The number of primary amides is 1. The van der Waals surface area contributed by atoms with Crippen molar-refractivity contribution >= 4 is 35.0 Å². The largest absolute Gasteiger partial charge is 0.369 e. The number of halogens is 2. The van der Waals surface area contributed by atoms with Crippen LogP contribution in [0.3, 0.4) is 0 Å². The lowest BCUT2D eigenvalue weighted by atomic mass is 9.97. The molecule has 1 heterocycles. The number of carbonyl (C=O) groups excluding carboxylic acids is 2. The molecule has 2 atom stereocenters. The smallest absolute Gasteiger partial charge is 0.277 e. The Morgan fingerprint density at radius 2 is 2.09 bits per heavy atom. The van der Waals surface area contributed by atoms with Gasteiger partial charge in [-0.05, 0) is 30.5 Å². The summed E-state index contributed by atoms with van der Waals surface area (Å²) in [6.45, 7) is 2.39. The first kappa shape index (κ1) is 18.0. The van der Waals surface area contributed by atoms with E-state index in [9.17, 15) is 9.59 Å². The number of rotatable bonds is 5. The van der Waals surface area contributed by atoms with Gasteiger partial charge in [0.05, 0.1) is 29.1 Å². The predicted octanol–water partition coefficient (Wildman–Crippen LogP) is 0.732. The fourth-order valence-electron chi connectivity index (χ4n) is 2.90. The minimum Gasteiger partial charge on any atom is -0.369 e. The molecule has 0 saturated carbocycles. The van der Waals surface area contributed by atoms with Crippen molar-refractivity contribution in [2.24, 2.45) is 11.7 Å². The average Bonchev–Trinajstić information content (AvgIpc) is 2.51. The van der Waals surface area contributed by atoms with Gasteiger partial charge in [0.2, 0.25) is 5.91 Å². The Bertz CT molecular complexity index is 595. The van der Waals surface area contributed by atoms with Gasteiger partial charge in [-0.15, -0.1) is 0 Å². The van der Waals surface area contributed by atoms with Crippen LogP contribution in [0, 0.1) is 5.92 Å². The predicted molar refractivity (Wildman–Crippen MR) is 90.4 cm³/mol. The zero-order valence-corrected chi connectivity index (χ0v) is 14.7. The van der Waals surface area contributed by atoms with Gasteiger partial charge in [-0.25, -0.2) is 0 Å². The Kier molecular flexibility index (Phi) is 6.27. The number of nitrogens with zero attached hydrogens (tertiary/aromatic N) is 1. The number of nitrogens with two attached hydrogens (primary N) is 1. The van der Waals surface area contributed by atoms with Crippen LogP contribution in [-0.4, -0.2) is 43.4 Å². The number of benzene rings is 1. The SMILES string of the molecule is CN(Cc1ccc(Cl)c(Cl)c1)C(=O)C[NH+]1CCC[C@@H](C(N)=O)C1.